The van der Waals surface area contributed by atoms with Crippen LogP contribution >= 0.6 is 0 Å². The number of anilines is 1. The van der Waals surface area contributed by atoms with Crippen molar-refractivity contribution in [2.45, 2.75) is 61.9 Å². The molecule has 1 atom stereocenters. The van der Waals surface area contributed by atoms with E-state index in [1.54, 1.807) is 12.1 Å². The topological polar surface area (TPSA) is 115 Å². The zero-order chi connectivity index (χ0) is 31.9. The number of para-hydroxylation sites is 1. The van der Waals surface area contributed by atoms with E-state index < -0.39 is 79.8 Å². The number of sulfonamides is 1. The van der Waals surface area contributed by atoms with E-state index in [4.69, 9.17) is 0 Å². The lowest BCUT2D eigenvalue weighted by Gasteiger charge is -2.31. The number of carboxylic acids is 1. The molecule has 0 aromatic heterocycles. The van der Waals surface area contributed by atoms with E-state index in [1.807, 2.05) is 12.1 Å². The van der Waals surface area contributed by atoms with Gasteiger partial charge in [-0.05, 0) is 54.9 Å². The van der Waals surface area contributed by atoms with E-state index in [0.29, 0.717) is 15.8 Å². The highest BCUT2D eigenvalue weighted by Gasteiger charge is 2.45. The third-order valence-corrected chi connectivity index (χ3v) is 10.1. The Bertz CT molecular complexity index is 1700. The number of phenols is 1. The van der Waals surface area contributed by atoms with Crippen molar-refractivity contribution in [3.8, 4) is 5.75 Å². The van der Waals surface area contributed by atoms with Crippen molar-refractivity contribution in [2.24, 2.45) is 0 Å². The van der Waals surface area contributed by atoms with Gasteiger partial charge in [0.2, 0.25) is 21.7 Å². The van der Waals surface area contributed by atoms with Gasteiger partial charge in [-0.1, -0.05) is 43.2 Å². The summed E-state index contributed by atoms with van der Waals surface area (Å²) in [4.78, 5) is 24.7. The van der Waals surface area contributed by atoms with Crippen LogP contribution in [-0.4, -0.2) is 47.4 Å². The number of rotatable bonds is 8. The minimum absolute atomic E-state index is 0.00386. The van der Waals surface area contributed by atoms with Gasteiger partial charge in [0, 0.05) is 6.54 Å². The first-order chi connectivity index (χ1) is 20.8. The zero-order valence-electron chi connectivity index (χ0n) is 23.1. The molecule has 1 heterocycles. The highest BCUT2D eigenvalue weighted by molar-refractivity contribution is 7.89. The van der Waals surface area contributed by atoms with Gasteiger partial charge in [0.25, 0.3) is 0 Å². The Balaban J connectivity index is 1.55. The summed E-state index contributed by atoms with van der Waals surface area (Å²) in [5.74, 6) is -15.5. The predicted octanol–water partition coefficient (Wildman–Crippen LogP) is 5.83. The standard InChI is InChI=1S/C30H27F5N2O6S/c31-22-23(32)25(34)28(26(35)24(22)33)44(42,43)37-14-4-9-21(37)29(39)36(20-8-3-7-19(27(20)38)30(40)41)15-16-10-12-18(13-11-16)17-5-1-2-6-17/h3,7-8,10-13,17,21,38H,1-2,4-6,9,14-15H2,(H,40,41). The Morgan fingerprint density at radius 1 is 0.841 bits per heavy atom. The average Bonchev–Trinajstić information content (AvgIpc) is 3.72. The Morgan fingerprint density at radius 3 is 2.02 bits per heavy atom. The van der Waals surface area contributed by atoms with Gasteiger partial charge in [-0.3, -0.25) is 4.79 Å². The maximum atomic E-state index is 14.6. The summed E-state index contributed by atoms with van der Waals surface area (Å²) in [6.07, 6.45) is 4.10. The fourth-order valence-corrected chi connectivity index (χ4v) is 7.69. The smallest absolute Gasteiger partial charge is 0.339 e. The summed E-state index contributed by atoms with van der Waals surface area (Å²) >= 11 is 0. The molecule has 14 heteroatoms. The van der Waals surface area contributed by atoms with E-state index >= 15 is 0 Å². The second-order valence-electron chi connectivity index (χ2n) is 10.8. The first-order valence-corrected chi connectivity index (χ1v) is 15.3. The van der Waals surface area contributed by atoms with Crippen LogP contribution in [0, 0.1) is 29.1 Å². The fraction of sp³-hybridized carbons (Fsp3) is 0.333. The molecule has 0 bridgehead atoms. The Hall–Kier alpha value is -4.04. The van der Waals surface area contributed by atoms with Crippen LogP contribution in [0.4, 0.5) is 27.6 Å². The molecular formula is C30H27F5N2O6S. The van der Waals surface area contributed by atoms with Gasteiger partial charge in [-0.25, -0.2) is 35.2 Å². The van der Waals surface area contributed by atoms with Crippen LogP contribution < -0.4 is 4.90 Å². The van der Waals surface area contributed by atoms with Crippen LogP contribution in [0.5, 0.6) is 5.75 Å². The molecule has 8 nitrogen and oxygen atoms in total. The summed E-state index contributed by atoms with van der Waals surface area (Å²) in [5.41, 5.74) is 0.799. The average molecular weight is 639 g/mol. The molecule has 1 aliphatic heterocycles. The largest absolute Gasteiger partial charge is 0.505 e. The van der Waals surface area contributed by atoms with Gasteiger partial charge in [-0.2, -0.15) is 4.31 Å². The molecule has 3 aromatic carbocycles. The Kier molecular flexibility index (Phi) is 8.67. The molecule has 3 aromatic rings. The van der Waals surface area contributed by atoms with Gasteiger partial charge in [0.15, 0.2) is 33.9 Å². The molecule has 2 N–H and O–H groups in total. The molecule has 1 aliphatic carbocycles. The molecule has 234 valence electrons. The van der Waals surface area contributed by atoms with Crippen molar-refractivity contribution in [1.82, 2.24) is 4.31 Å². The van der Waals surface area contributed by atoms with Crippen LogP contribution in [0.3, 0.4) is 0 Å². The summed E-state index contributed by atoms with van der Waals surface area (Å²) < 4.78 is 97.9. The molecule has 1 saturated carbocycles. The minimum Gasteiger partial charge on any atom is -0.505 e. The molecule has 2 aliphatic rings. The van der Waals surface area contributed by atoms with Gasteiger partial charge in [-0.15, -0.1) is 0 Å². The quantitative estimate of drug-likeness (QED) is 0.182. The second-order valence-corrected chi connectivity index (χ2v) is 12.6. The molecule has 2 fully saturated rings. The predicted molar refractivity (Wildman–Crippen MR) is 147 cm³/mol. The number of amides is 1. The van der Waals surface area contributed by atoms with Gasteiger partial charge < -0.3 is 15.1 Å². The SMILES string of the molecule is O=C(O)c1cccc(N(Cc2ccc(C3CCCC3)cc2)C(=O)C2CCCN2S(=O)(=O)c2c(F)c(F)c(F)c(F)c2F)c1O. The molecule has 5 rings (SSSR count). The summed E-state index contributed by atoms with van der Waals surface area (Å²) in [6, 6.07) is 9.17. The number of hydrogen-bond acceptors (Lipinski definition) is 5. The molecule has 0 spiro atoms. The summed E-state index contributed by atoms with van der Waals surface area (Å²) in [6.45, 7) is -0.753. The van der Waals surface area contributed by atoms with Crippen molar-refractivity contribution >= 4 is 27.6 Å². The van der Waals surface area contributed by atoms with Gasteiger partial charge in [0.1, 0.15) is 11.6 Å². The lowest BCUT2D eigenvalue weighted by Crippen LogP contribution is -2.48. The van der Waals surface area contributed by atoms with Crippen molar-refractivity contribution < 1.29 is 50.2 Å². The molecule has 0 radical (unpaired) electrons. The zero-order valence-corrected chi connectivity index (χ0v) is 23.9. The highest BCUT2D eigenvalue weighted by Crippen LogP contribution is 2.38. The van der Waals surface area contributed by atoms with Crippen LogP contribution in [0.2, 0.25) is 0 Å². The minimum atomic E-state index is -5.46. The first kappa shape index (κ1) is 31.4. The lowest BCUT2D eigenvalue weighted by atomic mass is 9.96. The van der Waals surface area contributed by atoms with Crippen molar-refractivity contribution in [3.05, 3.63) is 88.2 Å². The van der Waals surface area contributed by atoms with Crippen molar-refractivity contribution in [3.63, 3.8) is 0 Å². The maximum absolute atomic E-state index is 14.6. The number of benzene rings is 3. The maximum Gasteiger partial charge on any atom is 0.339 e. The first-order valence-electron chi connectivity index (χ1n) is 13.8. The van der Waals surface area contributed by atoms with Gasteiger partial charge >= 0.3 is 5.97 Å². The van der Waals surface area contributed by atoms with Gasteiger partial charge in [0.05, 0.1) is 12.2 Å². The van der Waals surface area contributed by atoms with E-state index in [2.05, 4.69) is 0 Å². The van der Waals surface area contributed by atoms with E-state index in [9.17, 15) is 50.2 Å². The normalized spacial score (nSPS) is 17.7. The highest BCUT2D eigenvalue weighted by atomic mass is 32.2. The Morgan fingerprint density at radius 2 is 1.43 bits per heavy atom. The fourth-order valence-electron chi connectivity index (χ4n) is 5.92. The summed E-state index contributed by atoms with van der Waals surface area (Å²) in [7, 11) is -5.46. The third kappa shape index (κ3) is 5.52. The lowest BCUT2D eigenvalue weighted by molar-refractivity contribution is -0.121. The van der Waals surface area contributed by atoms with E-state index in [1.165, 1.54) is 12.1 Å². The molecule has 1 amide bonds. The van der Waals surface area contributed by atoms with Crippen LogP contribution in [0.25, 0.3) is 0 Å². The number of hydrogen-bond donors (Lipinski definition) is 2. The van der Waals surface area contributed by atoms with Crippen LogP contribution in [0.1, 0.15) is 65.9 Å². The number of aromatic carboxylic acids is 1. The summed E-state index contributed by atoms with van der Waals surface area (Å²) in [5, 5.41) is 20.4. The van der Waals surface area contributed by atoms with Crippen molar-refractivity contribution in [2.75, 3.05) is 11.4 Å². The third-order valence-electron chi connectivity index (χ3n) is 8.17. The number of carbonyl (C=O) groups excluding carboxylic acids is 1. The number of halogens is 5. The van der Waals surface area contributed by atoms with E-state index in [0.717, 1.165) is 42.2 Å². The number of nitrogens with zero attached hydrogens (tertiary/aromatic N) is 2. The van der Waals surface area contributed by atoms with Crippen molar-refractivity contribution in [1.29, 1.82) is 0 Å². The van der Waals surface area contributed by atoms with Crippen LogP contribution in [0.15, 0.2) is 47.4 Å². The van der Waals surface area contributed by atoms with Crippen LogP contribution in [-0.2, 0) is 21.4 Å². The molecule has 1 unspecified atom stereocenters. The monoisotopic (exact) mass is 638 g/mol. The Labute approximate surface area is 249 Å². The second kappa shape index (κ2) is 12.2. The molecular weight excluding hydrogens is 611 g/mol. The molecule has 1 saturated heterocycles. The molecule has 44 heavy (non-hydrogen) atoms. The number of carbonyl (C=O) groups is 2. The van der Waals surface area contributed by atoms with E-state index in [-0.39, 0.29) is 25.1 Å². The number of carboxylic acid groups (broad SMARTS) is 1. The number of aromatic hydroxyl groups is 1.